The monoisotopic (exact) mass is 629 g/mol. The second kappa shape index (κ2) is 13.7. The van der Waals surface area contributed by atoms with E-state index in [0.717, 1.165) is 52.1 Å². The van der Waals surface area contributed by atoms with Gasteiger partial charge in [-0.25, -0.2) is 4.79 Å². The normalized spacial score (nSPS) is 18.9. The molecule has 5 rings (SSSR count). The van der Waals surface area contributed by atoms with Gasteiger partial charge < -0.3 is 24.3 Å². The summed E-state index contributed by atoms with van der Waals surface area (Å²) < 4.78 is 12.2. The third kappa shape index (κ3) is 7.48. The molecular formula is C38H51NO5Si. The lowest BCUT2D eigenvalue weighted by molar-refractivity contribution is 0.0222. The second-order valence-electron chi connectivity index (χ2n) is 14.7. The minimum Gasteiger partial charge on any atom is -0.493 e. The molecule has 1 heterocycles. The lowest BCUT2D eigenvalue weighted by Crippen LogP contribution is -2.65. The highest BCUT2D eigenvalue weighted by Crippen LogP contribution is 2.45. The first-order valence-corrected chi connectivity index (χ1v) is 18.6. The number of hydrogen-bond acceptors (Lipinski definition) is 5. The molecular weight excluding hydrogens is 579 g/mol. The molecule has 3 aromatic rings. The Balaban J connectivity index is 1.27. The van der Waals surface area contributed by atoms with Crippen molar-refractivity contribution < 1.29 is 24.2 Å². The first kappa shape index (κ1) is 33.2. The predicted molar refractivity (Wildman–Crippen MR) is 182 cm³/mol. The number of carbonyl (C=O) groups excluding carboxylic acids is 1. The summed E-state index contributed by atoms with van der Waals surface area (Å²) in [4.78, 5) is 27.1. The number of ether oxygens (including phenoxy) is 2. The molecule has 1 fully saturated rings. The molecule has 7 heteroatoms. The molecule has 0 aromatic heterocycles. The molecule has 2 N–H and O–H groups in total. The van der Waals surface area contributed by atoms with E-state index < -0.39 is 13.9 Å². The molecule has 6 nitrogen and oxygen atoms in total. The van der Waals surface area contributed by atoms with Crippen LogP contribution in [0.3, 0.4) is 0 Å². The first-order valence-electron chi connectivity index (χ1n) is 16.6. The largest absolute Gasteiger partial charge is 0.493 e. The predicted octanol–water partition coefficient (Wildman–Crippen LogP) is 6.58. The third-order valence-electron chi connectivity index (χ3n) is 9.96. The lowest BCUT2D eigenvalue weighted by Gasteiger charge is -2.42. The number of amides is 1. The molecule has 0 spiro atoms. The second-order valence-corrected chi connectivity index (χ2v) is 18.6. The molecule has 0 saturated heterocycles. The van der Waals surface area contributed by atoms with Crippen molar-refractivity contribution in [2.75, 3.05) is 13.2 Å². The van der Waals surface area contributed by atoms with Crippen molar-refractivity contribution in [3.63, 3.8) is 0 Å². The molecule has 1 aliphatic carbocycles. The Labute approximate surface area is 270 Å². The van der Waals surface area contributed by atoms with Crippen LogP contribution in [0.5, 0.6) is 5.75 Å². The highest BCUT2D eigenvalue weighted by molar-refractivity contribution is 6.98. The van der Waals surface area contributed by atoms with E-state index in [1.54, 1.807) is 4.90 Å². The Hall–Kier alpha value is -3.13. The Kier molecular flexibility index (Phi) is 10.1. The van der Waals surface area contributed by atoms with Gasteiger partial charge in [0, 0.05) is 18.7 Å². The van der Waals surface area contributed by atoms with Gasteiger partial charge in [0.2, 0.25) is 0 Å². The fraction of sp³-hybridized carbons (Fsp3) is 0.500. The Morgan fingerprint density at radius 1 is 0.933 bits per heavy atom. The van der Waals surface area contributed by atoms with E-state index in [1.807, 2.05) is 69.3 Å². The number of nitrogens with zero attached hydrogens (tertiary/aromatic N) is 1. The topological polar surface area (TPSA) is 79.2 Å². The van der Waals surface area contributed by atoms with Gasteiger partial charge in [-0.1, -0.05) is 93.4 Å². The highest BCUT2D eigenvalue weighted by atomic mass is 28.4. The number of aliphatic hydroxyl groups excluding tert-OH is 1. The van der Waals surface area contributed by atoms with Crippen LogP contribution in [0.15, 0.2) is 72.8 Å². The van der Waals surface area contributed by atoms with Gasteiger partial charge in [0.1, 0.15) is 11.4 Å². The van der Waals surface area contributed by atoms with Gasteiger partial charge in [-0.05, 0) is 90.9 Å². The van der Waals surface area contributed by atoms with Gasteiger partial charge in [0.15, 0.2) is 0 Å². The molecule has 1 aliphatic heterocycles. The Morgan fingerprint density at radius 2 is 1.56 bits per heavy atom. The standard InChI is InChI=1S/C38H51NO5Si/c1-37(2,3)44-36(41)39-22-20-34-31(25-39)23-28(26-40)24-35(34)43-27-30-14-12-13-29(30)19-21-38(4,5)45(42,32-15-8-6-9-16-32)33-17-10-7-11-18-33/h6-11,15-18,23-24,29-30,40,42H,12-14,19-22,25-27H2,1-5H3/t29-,30-/m0/s1. The van der Waals surface area contributed by atoms with Crippen LogP contribution in [0.1, 0.15) is 83.4 Å². The number of aliphatic hydroxyl groups is 1. The van der Waals surface area contributed by atoms with E-state index >= 15 is 0 Å². The van der Waals surface area contributed by atoms with Crippen LogP contribution < -0.4 is 15.1 Å². The van der Waals surface area contributed by atoms with Crippen molar-refractivity contribution >= 4 is 24.8 Å². The summed E-state index contributed by atoms with van der Waals surface area (Å²) in [7, 11) is -3.04. The fourth-order valence-electron chi connectivity index (χ4n) is 7.37. The maximum absolute atomic E-state index is 12.8. The zero-order valence-corrected chi connectivity index (χ0v) is 28.7. The smallest absolute Gasteiger partial charge is 0.410 e. The van der Waals surface area contributed by atoms with Gasteiger partial charge in [-0.2, -0.15) is 0 Å². The summed E-state index contributed by atoms with van der Waals surface area (Å²) in [5.74, 6) is 1.81. The quantitative estimate of drug-likeness (QED) is 0.248. The average molecular weight is 630 g/mol. The molecule has 0 unspecified atom stereocenters. The van der Waals surface area contributed by atoms with Gasteiger partial charge in [0.05, 0.1) is 13.2 Å². The molecule has 2 atom stereocenters. The minimum atomic E-state index is -3.04. The van der Waals surface area contributed by atoms with E-state index in [-0.39, 0.29) is 17.7 Å². The summed E-state index contributed by atoms with van der Waals surface area (Å²) in [6.07, 6.45) is 5.89. The fourth-order valence-corrected chi connectivity index (χ4v) is 11.1. The van der Waals surface area contributed by atoms with E-state index in [0.29, 0.717) is 38.0 Å². The maximum Gasteiger partial charge on any atom is 0.410 e. The molecule has 0 radical (unpaired) electrons. The molecule has 242 valence electrons. The third-order valence-corrected chi connectivity index (χ3v) is 14.5. The zero-order valence-electron chi connectivity index (χ0n) is 27.7. The van der Waals surface area contributed by atoms with Gasteiger partial charge >= 0.3 is 6.09 Å². The van der Waals surface area contributed by atoms with Gasteiger partial charge in [-0.15, -0.1) is 0 Å². The summed E-state index contributed by atoms with van der Waals surface area (Å²) in [6.45, 7) is 11.7. The van der Waals surface area contributed by atoms with Crippen molar-refractivity contribution in [2.24, 2.45) is 11.8 Å². The maximum atomic E-state index is 12.8. The molecule has 45 heavy (non-hydrogen) atoms. The number of carbonyl (C=O) groups is 1. The van der Waals surface area contributed by atoms with Crippen LogP contribution >= 0.6 is 0 Å². The van der Waals surface area contributed by atoms with E-state index in [4.69, 9.17) is 9.47 Å². The van der Waals surface area contributed by atoms with Crippen LogP contribution in [0.25, 0.3) is 0 Å². The van der Waals surface area contributed by atoms with E-state index in [9.17, 15) is 14.7 Å². The van der Waals surface area contributed by atoms with Crippen molar-refractivity contribution in [3.05, 3.63) is 89.5 Å². The van der Waals surface area contributed by atoms with Crippen molar-refractivity contribution in [2.45, 2.75) is 96.9 Å². The lowest BCUT2D eigenvalue weighted by atomic mass is 9.89. The van der Waals surface area contributed by atoms with E-state index in [1.165, 1.54) is 12.8 Å². The molecule has 1 saturated carbocycles. The number of rotatable bonds is 10. The summed E-state index contributed by atoms with van der Waals surface area (Å²) in [5, 5.41) is 11.9. The molecule has 2 aliphatic rings. The molecule has 1 amide bonds. The van der Waals surface area contributed by atoms with E-state index in [2.05, 4.69) is 38.1 Å². The number of hydrogen-bond donors (Lipinski definition) is 2. The minimum absolute atomic E-state index is 0.0765. The van der Waals surface area contributed by atoms with Crippen molar-refractivity contribution in [1.29, 1.82) is 0 Å². The number of benzene rings is 3. The van der Waals surface area contributed by atoms with Crippen LogP contribution in [0, 0.1) is 11.8 Å². The van der Waals surface area contributed by atoms with Crippen molar-refractivity contribution in [3.8, 4) is 5.75 Å². The molecule has 0 bridgehead atoms. The summed E-state index contributed by atoms with van der Waals surface area (Å²) >= 11 is 0. The van der Waals surface area contributed by atoms with Gasteiger partial charge in [0.25, 0.3) is 8.32 Å². The van der Waals surface area contributed by atoms with Crippen LogP contribution in [-0.4, -0.2) is 48.0 Å². The highest BCUT2D eigenvalue weighted by Gasteiger charge is 2.50. The van der Waals surface area contributed by atoms with Crippen LogP contribution in [0.4, 0.5) is 4.79 Å². The zero-order chi connectivity index (χ0) is 32.2. The average Bonchev–Trinajstić information content (AvgIpc) is 3.49. The Bertz CT molecular complexity index is 1400. The SMILES string of the molecule is CC(C)(C)OC(=O)N1CCc2c(cc(CO)cc2OC[C@@H]2CCC[C@H]2CCC(C)(C)[Si](O)(c2ccccc2)c2ccccc2)C1. The van der Waals surface area contributed by atoms with Gasteiger partial charge in [-0.3, -0.25) is 0 Å². The van der Waals surface area contributed by atoms with Crippen molar-refractivity contribution in [1.82, 2.24) is 4.90 Å². The summed E-state index contributed by atoms with van der Waals surface area (Å²) in [6, 6.07) is 24.5. The summed E-state index contributed by atoms with van der Waals surface area (Å²) in [5.41, 5.74) is 2.40. The first-order chi connectivity index (χ1) is 21.4. The molecule has 3 aromatic carbocycles. The number of fused-ring (bicyclic) bond motifs is 1. The van der Waals surface area contributed by atoms with Crippen LogP contribution in [-0.2, 0) is 24.3 Å². The van der Waals surface area contributed by atoms with Crippen LogP contribution in [0.2, 0.25) is 5.04 Å². The Morgan fingerprint density at radius 3 is 2.16 bits per heavy atom.